The Hall–Kier alpha value is -2.40. The van der Waals surface area contributed by atoms with Crippen LogP contribution in [0, 0.1) is 5.92 Å². The molecule has 0 unspecified atom stereocenters. The average molecular weight is 408 g/mol. The summed E-state index contributed by atoms with van der Waals surface area (Å²) in [5.74, 6) is 0.0428. The first-order valence-electron chi connectivity index (χ1n) is 11.3. The lowest BCUT2D eigenvalue weighted by Crippen LogP contribution is -2.53. The maximum Gasteiger partial charge on any atom is 0.245 e. The van der Waals surface area contributed by atoms with Gasteiger partial charge in [-0.2, -0.15) is 0 Å². The summed E-state index contributed by atoms with van der Waals surface area (Å²) in [6, 6.07) is 14.3. The lowest BCUT2D eigenvalue weighted by atomic mass is 10.0. The fourth-order valence-electron chi connectivity index (χ4n) is 4.88. The van der Waals surface area contributed by atoms with Crippen LogP contribution < -0.4 is 5.32 Å². The SMILES string of the molecule is CC(C)[C@H](NC(=O)Cc1ccc2ccccc2c1)C(=O)N1CCCN2CCC[C@H]2C1. The Morgan fingerprint density at radius 3 is 2.60 bits per heavy atom. The predicted molar refractivity (Wildman–Crippen MR) is 120 cm³/mol. The molecule has 0 aromatic heterocycles. The molecule has 5 nitrogen and oxygen atoms in total. The van der Waals surface area contributed by atoms with Gasteiger partial charge in [0.2, 0.25) is 11.8 Å². The zero-order valence-electron chi connectivity index (χ0n) is 18.1. The van der Waals surface area contributed by atoms with E-state index in [1.54, 1.807) is 0 Å². The summed E-state index contributed by atoms with van der Waals surface area (Å²) in [6.07, 6.45) is 3.70. The lowest BCUT2D eigenvalue weighted by molar-refractivity contribution is -0.137. The molecule has 2 aliphatic rings. The first-order chi connectivity index (χ1) is 14.5. The molecule has 30 heavy (non-hydrogen) atoms. The van der Waals surface area contributed by atoms with E-state index >= 15 is 0 Å². The molecule has 2 aliphatic heterocycles. The Labute approximate surface area is 179 Å². The second-order valence-electron chi connectivity index (χ2n) is 9.12. The zero-order chi connectivity index (χ0) is 21.1. The van der Waals surface area contributed by atoms with Crippen LogP contribution in [-0.2, 0) is 16.0 Å². The number of hydrogen-bond donors (Lipinski definition) is 1. The van der Waals surface area contributed by atoms with Gasteiger partial charge in [0.1, 0.15) is 6.04 Å². The first-order valence-corrected chi connectivity index (χ1v) is 11.3. The van der Waals surface area contributed by atoms with E-state index in [1.165, 1.54) is 18.2 Å². The molecule has 1 N–H and O–H groups in total. The number of fused-ring (bicyclic) bond motifs is 2. The van der Waals surface area contributed by atoms with Gasteiger partial charge in [0.05, 0.1) is 6.42 Å². The number of benzene rings is 2. The third kappa shape index (κ3) is 4.67. The van der Waals surface area contributed by atoms with Gasteiger partial charge in [0, 0.05) is 25.7 Å². The van der Waals surface area contributed by atoms with E-state index in [-0.39, 0.29) is 24.2 Å². The standard InChI is InChI=1S/C25H33N3O2/c1-18(2)24(25(30)28-14-6-13-27-12-5-9-22(27)17-28)26-23(29)16-19-10-11-20-7-3-4-8-21(20)15-19/h3-4,7-8,10-11,15,18,22,24H,5-6,9,12-14,16-17H2,1-2H3,(H,26,29)/t22-,24-/m0/s1. The van der Waals surface area contributed by atoms with Crippen molar-refractivity contribution >= 4 is 22.6 Å². The molecule has 2 heterocycles. The Kier molecular flexibility index (Phi) is 6.38. The molecule has 2 aromatic rings. The number of amides is 2. The zero-order valence-corrected chi connectivity index (χ0v) is 18.1. The van der Waals surface area contributed by atoms with Gasteiger partial charge in [0.15, 0.2) is 0 Å². The van der Waals surface area contributed by atoms with Crippen molar-refractivity contribution in [2.45, 2.75) is 51.6 Å². The van der Waals surface area contributed by atoms with E-state index in [4.69, 9.17) is 0 Å². The van der Waals surface area contributed by atoms with Gasteiger partial charge < -0.3 is 10.2 Å². The number of hydrogen-bond acceptors (Lipinski definition) is 3. The van der Waals surface area contributed by atoms with E-state index < -0.39 is 6.04 Å². The highest BCUT2D eigenvalue weighted by Gasteiger charge is 2.34. The van der Waals surface area contributed by atoms with Crippen molar-refractivity contribution in [1.29, 1.82) is 0 Å². The largest absolute Gasteiger partial charge is 0.344 e. The molecule has 2 amide bonds. The van der Waals surface area contributed by atoms with Gasteiger partial charge in [-0.1, -0.05) is 56.3 Å². The van der Waals surface area contributed by atoms with E-state index in [2.05, 4.69) is 28.4 Å². The first kappa shape index (κ1) is 20.9. The molecule has 5 heteroatoms. The van der Waals surface area contributed by atoms with Crippen LogP contribution in [0.1, 0.15) is 38.7 Å². The van der Waals surface area contributed by atoms with Crippen molar-refractivity contribution in [1.82, 2.24) is 15.1 Å². The summed E-state index contributed by atoms with van der Waals surface area (Å²) in [6.45, 7) is 7.84. The molecule has 0 bridgehead atoms. The molecular weight excluding hydrogens is 374 g/mol. The molecule has 2 aromatic carbocycles. The fourth-order valence-corrected chi connectivity index (χ4v) is 4.88. The van der Waals surface area contributed by atoms with Crippen LogP contribution in [-0.4, -0.2) is 59.9 Å². The third-order valence-electron chi connectivity index (χ3n) is 6.54. The van der Waals surface area contributed by atoms with Gasteiger partial charge in [0.25, 0.3) is 0 Å². The highest BCUT2D eigenvalue weighted by atomic mass is 16.2. The van der Waals surface area contributed by atoms with Gasteiger partial charge >= 0.3 is 0 Å². The van der Waals surface area contributed by atoms with Crippen LogP contribution in [0.5, 0.6) is 0 Å². The second kappa shape index (κ2) is 9.17. The summed E-state index contributed by atoms with van der Waals surface area (Å²) in [5, 5.41) is 5.34. The Morgan fingerprint density at radius 2 is 1.80 bits per heavy atom. The molecular formula is C25H33N3O2. The minimum absolute atomic E-state index is 0.0565. The van der Waals surface area contributed by atoms with Crippen molar-refractivity contribution in [3.8, 4) is 0 Å². The van der Waals surface area contributed by atoms with Gasteiger partial charge in [-0.15, -0.1) is 0 Å². The van der Waals surface area contributed by atoms with Crippen LogP contribution in [0.25, 0.3) is 10.8 Å². The molecule has 0 aliphatic carbocycles. The van der Waals surface area contributed by atoms with Crippen molar-refractivity contribution in [3.63, 3.8) is 0 Å². The van der Waals surface area contributed by atoms with E-state index in [0.29, 0.717) is 6.04 Å². The van der Waals surface area contributed by atoms with Crippen molar-refractivity contribution in [2.24, 2.45) is 5.92 Å². The summed E-state index contributed by atoms with van der Waals surface area (Å²) in [7, 11) is 0. The smallest absolute Gasteiger partial charge is 0.245 e. The monoisotopic (exact) mass is 407 g/mol. The van der Waals surface area contributed by atoms with E-state index in [1.807, 2.05) is 43.0 Å². The normalized spacial score (nSPS) is 20.8. The average Bonchev–Trinajstić information content (AvgIpc) is 3.07. The molecule has 2 atom stereocenters. The third-order valence-corrected chi connectivity index (χ3v) is 6.54. The minimum atomic E-state index is -0.467. The fraction of sp³-hybridized carbons (Fsp3) is 0.520. The summed E-state index contributed by atoms with van der Waals surface area (Å²) >= 11 is 0. The molecule has 160 valence electrons. The van der Waals surface area contributed by atoms with Crippen LogP contribution in [0.15, 0.2) is 42.5 Å². The van der Waals surface area contributed by atoms with Gasteiger partial charge in [-0.05, 0) is 48.1 Å². The van der Waals surface area contributed by atoms with Crippen molar-refractivity contribution < 1.29 is 9.59 Å². The van der Waals surface area contributed by atoms with Crippen molar-refractivity contribution in [3.05, 3.63) is 48.0 Å². The van der Waals surface area contributed by atoms with E-state index in [9.17, 15) is 9.59 Å². The Bertz CT molecular complexity index is 910. The second-order valence-corrected chi connectivity index (χ2v) is 9.12. The molecule has 0 radical (unpaired) electrons. The molecule has 0 saturated carbocycles. The van der Waals surface area contributed by atoms with Gasteiger partial charge in [-0.3, -0.25) is 14.5 Å². The Balaban J connectivity index is 1.41. The van der Waals surface area contributed by atoms with Crippen LogP contribution in [0.4, 0.5) is 0 Å². The summed E-state index contributed by atoms with van der Waals surface area (Å²) in [4.78, 5) is 30.7. The van der Waals surface area contributed by atoms with Crippen LogP contribution in [0.3, 0.4) is 0 Å². The number of nitrogens with zero attached hydrogens (tertiary/aromatic N) is 2. The summed E-state index contributed by atoms with van der Waals surface area (Å²) in [5.41, 5.74) is 0.970. The number of carbonyl (C=O) groups is 2. The number of nitrogens with one attached hydrogen (secondary N) is 1. The van der Waals surface area contributed by atoms with Crippen molar-refractivity contribution in [2.75, 3.05) is 26.2 Å². The minimum Gasteiger partial charge on any atom is -0.344 e. The molecule has 0 spiro atoms. The topological polar surface area (TPSA) is 52.7 Å². The molecule has 4 rings (SSSR count). The van der Waals surface area contributed by atoms with Crippen LogP contribution >= 0.6 is 0 Å². The molecule has 2 saturated heterocycles. The quantitative estimate of drug-likeness (QED) is 0.828. The molecule has 2 fully saturated rings. The maximum absolute atomic E-state index is 13.3. The lowest BCUT2D eigenvalue weighted by Gasteiger charge is -2.31. The summed E-state index contributed by atoms with van der Waals surface area (Å²) < 4.78 is 0. The van der Waals surface area contributed by atoms with Gasteiger partial charge in [-0.25, -0.2) is 0 Å². The number of carbonyl (C=O) groups excluding carboxylic acids is 2. The highest BCUT2D eigenvalue weighted by Crippen LogP contribution is 2.22. The predicted octanol–water partition coefficient (Wildman–Crippen LogP) is 3.22. The van der Waals surface area contributed by atoms with E-state index in [0.717, 1.165) is 43.5 Å². The van der Waals surface area contributed by atoms with Crippen LogP contribution in [0.2, 0.25) is 0 Å². The Morgan fingerprint density at radius 1 is 1.03 bits per heavy atom. The number of rotatable bonds is 5. The highest BCUT2D eigenvalue weighted by molar-refractivity contribution is 5.89. The maximum atomic E-state index is 13.3.